The highest BCUT2D eigenvalue weighted by molar-refractivity contribution is 6.18. The summed E-state index contributed by atoms with van der Waals surface area (Å²) in [6.07, 6.45) is 0.773. The van der Waals surface area contributed by atoms with E-state index in [0.29, 0.717) is 17.0 Å². The SMILES string of the molecule is CCC(CCl)NC(=O)c1ccc(F)cc1C. The third kappa shape index (κ3) is 3.20. The van der Waals surface area contributed by atoms with Gasteiger partial charge in [0, 0.05) is 17.5 Å². The smallest absolute Gasteiger partial charge is 0.251 e. The fourth-order valence-corrected chi connectivity index (χ4v) is 1.69. The van der Waals surface area contributed by atoms with E-state index in [9.17, 15) is 9.18 Å². The van der Waals surface area contributed by atoms with Crippen molar-refractivity contribution < 1.29 is 9.18 Å². The summed E-state index contributed by atoms with van der Waals surface area (Å²) < 4.78 is 12.9. The molecule has 1 N–H and O–H groups in total. The maximum atomic E-state index is 12.9. The van der Waals surface area contributed by atoms with Crippen molar-refractivity contribution in [2.75, 3.05) is 5.88 Å². The number of alkyl halides is 1. The van der Waals surface area contributed by atoms with E-state index in [1.54, 1.807) is 6.92 Å². The molecule has 0 spiro atoms. The van der Waals surface area contributed by atoms with Crippen molar-refractivity contribution in [3.63, 3.8) is 0 Å². The van der Waals surface area contributed by atoms with Gasteiger partial charge in [0.25, 0.3) is 5.91 Å². The van der Waals surface area contributed by atoms with E-state index in [2.05, 4.69) is 5.32 Å². The zero-order valence-electron chi connectivity index (χ0n) is 9.39. The number of nitrogens with one attached hydrogen (secondary N) is 1. The van der Waals surface area contributed by atoms with Gasteiger partial charge in [0.2, 0.25) is 0 Å². The second-order valence-corrected chi connectivity index (χ2v) is 4.00. The number of carbonyl (C=O) groups excluding carboxylic acids is 1. The summed E-state index contributed by atoms with van der Waals surface area (Å²) in [5.41, 5.74) is 1.12. The van der Waals surface area contributed by atoms with Crippen LogP contribution in [0, 0.1) is 12.7 Å². The molecule has 0 saturated carbocycles. The molecule has 1 amide bonds. The van der Waals surface area contributed by atoms with Crippen molar-refractivity contribution in [2.45, 2.75) is 26.3 Å². The molecule has 1 aromatic carbocycles. The average Bonchev–Trinajstić information content (AvgIpc) is 2.25. The molecule has 4 heteroatoms. The van der Waals surface area contributed by atoms with Crippen LogP contribution in [0.3, 0.4) is 0 Å². The Hall–Kier alpha value is -1.09. The van der Waals surface area contributed by atoms with E-state index in [1.807, 2.05) is 6.92 Å². The van der Waals surface area contributed by atoms with E-state index in [4.69, 9.17) is 11.6 Å². The lowest BCUT2D eigenvalue weighted by Crippen LogP contribution is -2.35. The molecule has 0 saturated heterocycles. The van der Waals surface area contributed by atoms with Crippen LogP contribution in [0.4, 0.5) is 4.39 Å². The Morgan fingerprint density at radius 3 is 2.75 bits per heavy atom. The number of amides is 1. The summed E-state index contributed by atoms with van der Waals surface area (Å²) in [6.45, 7) is 3.66. The van der Waals surface area contributed by atoms with Crippen molar-refractivity contribution in [1.29, 1.82) is 0 Å². The summed E-state index contributed by atoms with van der Waals surface area (Å²) in [5.74, 6) is -0.161. The van der Waals surface area contributed by atoms with Gasteiger partial charge in [-0.2, -0.15) is 0 Å². The van der Waals surface area contributed by atoms with Crippen molar-refractivity contribution in [2.24, 2.45) is 0 Å². The Kier molecular flexibility index (Phi) is 4.74. The first-order valence-corrected chi connectivity index (χ1v) is 5.75. The Morgan fingerprint density at radius 1 is 1.56 bits per heavy atom. The number of aryl methyl sites for hydroxylation is 1. The van der Waals surface area contributed by atoms with Gasteiger partial charge in [-0.25, -0.2) is 4.39 Å². The number of hydrogen-bond acceptors (Lipinski definition) is 1. The third-order valence-corrected chi connectivity index (χ3v) is 2.82. The minimum Gasteiger partial charge on any atom is -0.348 e. The normalized spacial score (nSPS) is 12.2. The summed E-state index contributed by atoms with van der Waals surface area (Å²) in [7, 11) is 0. The molecule has 2 nitrogen and oxygen atoms in total. The Balaban J connectivity index is 2.80. The molecule has 1 rings (SSSR count). The van der Waals surface area contributed by atoms with Crippen LogP contribution in [0.15, 0.2) is 18.2 Å². The molecule has 0 aliphatic rings. The van der Waals surface area contributed by atoms with Gasteiger partial charge in [-0.3, -0.25) is 4.79 Å². The van der Waals surface area contributed by atoms with E-state index < -0.39 is 0 Å². The van der Waals surface area contributed by atoms with Crippen LogP contribution in [0.5, 0.6) is 0 Å². The van der Waals surface area contributed by atoms with Gasteiger partial charge in [0.1, 0.15) is 5.82 Å². The lowest BCUT2D eigenvalue weighted by molar-refractivity contribution is 0.0939. The van der Waals surface area contributed by atoms with Gasteiger partial charge in [-0.1, -0.05) is 6.92 Å². The van der Waals surface area contributed by atoms with Gasteiger partial charge in [-0.05, 0) is 37.1 Å². The fraction of sp³-hybridized carbons (Fsp3) is 0.417. The average molecular weight is 244 g/mol. The summed E-state index contributed by atoms with van der Waals surface area (Å²) >= 11 is 5.69. The molecular formula is C12H15ClFNO. The van der Waals surface area contributed by atoms with Crippen LogP contribution < -0.4 is 5.32 Å². The Labute approximate surface area is 99.8 Å². The minimum absolute atomic E-state index is 0.0429. The van der Waals surface area contributed by atoms with E-state index in [0.717, 1.165) is 6.42 Å². The highest BCUT2D eigenvalue weighted by Gasteiger charge is 2.13. The van der Waals surface area contributed by atoms with Gasteiger partial charge < -0.3 is 5.32 Å². The Morgan fingerprint density at radius 2 is 2.25 bits per heavy atom. The second kappa shape index (κ2) is 5.85. The molecule has 0 aliphatic heterocycles. The fourth-order valence-electron chi connectivity index (χ4n) is 1.39. The lowest BCUT2D eigenvalue weighted by Gasteiger charge is -2.14. The van der Waals surface area contributed by atoms with Crippen LogP contribution in [-0.2, 0) is 0 Å². The zero-order valence-corrected chi connectivity index (χ0v) is 10.1. The molecule has 1 unspecified atom stereocenters. The molecule has 88 valence electrons. The van der Waals surface area contributed by atoms with Gasteiger partial charge in [0.05, 0.1) is 0 Å². The van der Waals surface area contributed by atoms with Crippen LogP contribution in [-0.4, -0.2) is 17.8 Å². The van der Waals surface area contributed by atoms with Crippen molar-refractivity contribution in [1.82, 2.24) is 5.32 Å². The topological polar surface area (TPSA) is 29.1 Å². The number of benzene rings is 1. The molecule has 0 aliphatic carbocycles. The highest BCUT2D eigenvalue weighted by Crippen LogP contribution is 2.10. The predicted octanol–water partition coefficient (Wildman–Crippen LogP) is 2.88. The Bertz CT molecular complexity index is 377. The molecule has 0 radical (unpaired) electrons. The van der Waals surface area contributed by atoms with Crippen LogP contribution in [0.2, 0.25) is 0 Å². The zero-order chi connectivity index (χ0) is 12.1. The number of hydrogen-bond donors (Lipinski definition) is 1. The van der Waals surface area contributed by atoms with Crippen molar-refractivity contribution in [3.05, 3.63) is 35.1 Å². The molecule has 0 bridgehead atoms. The molecule has 16 heavy (non-hydrogen) atoms. The molecule has 0 heterocycles. The largest absolute Gasteiger partial charge is 0.348 e. The summed E-state index contributed by atoms with van der Waals surface area (Å²) in [4.78, 5) is 11.8. The summed E-state index contributed by atoms with van der Waals surface area (Å²) in [5, 5.41) is 2.80. The second-order valence-electron chi connectivity index (χ2n) is 3.69. The number of halogens is 2. The highest BCUT2D eigenvalue weighted by atomic mass is 35.5. The van der Waals surface area contributed by atoms with Gasteiger partial charge in [-0.15, -0.1) is 11.6 Å². The maximum Gasteiger partial charge on any atom is 0.251 e. The van der Waals surface area contributed by atoms with Gasteiger partial charge >= 0.3 is 0 Å². The minimum atomic E-state index is -0.335. The molecule has 1 atom stereocenters. The van der Waals surface area contributed by atoms with E-state index >= 15 is 0 Å². The number of carbonyl (C=O) groups is 1. The monoisotopic (exact) mass is 243 g/mol. The first-order valence-electron chi connectivity index (χ1n) is 5.21. The standard InChI is InChI=1S/C12H15ClFNO/c1-3-10(7-13)15-12(16)11-5-4-9(14)6-8(11)2/h4-6,10H,3,7H2,1-2H3,(H,15,16). The first kappa shape index (κ1) is 13.0. The lowest BCUT2D eigenvalue weighted by atomic mass is 10.1. The number of rotatable bonds is 4. The molecule has 1 aromatic rings. The predicted molar refractivity (Wildman–Crippen MR) is 63.4 cm³/mol. The third-order valence-electron chi connectivity index (χ3n) is 2.45. The van der Waals surface area contributed by atoms with Gasteiger partial charge in [0.15, 0.2) is 0 Å². The van der Waals surface area contributed by atoms with Crippen molar-refractivity contribution in [3.8, 4) is 0 Å². The summed E-state index contributed by atoms with van der Waals surface area (Å²) in [6, 6.07) is 4.07. The van der Waals surface area contributed by atoms with Crippen LogP contribution in [0.25, 0.3) is 0 Å². The molecular weight excluding hydrogens is 229 g/mol. The van der Waals surface area contributed by atoms with E-state index in [1.165, 1.54) is 18.2 Å². The van der Waals surface area contributed by atoms with Crippen LogP contribution >= 0.6 is 11.6 Å². The van der Waals surface area contributed by atoms with E-state index in [-0.39, 0.29) is 17.8 Å². The molecule has 0 aromatic heterocycles. The quantitative estimate of drug-likeness (QED) is 0.810. The molecule has 0 fully saturated rings. The first-order chi connectivity index (χ1) is 7.58. The van der Waals surface area contributed by atoms with Crippen molar-refractivity contribution >= 4 is 17.5 Å². The maximum absolute atomic E-state index is 12.9. The van der Waals surface area contributed by atoms with Crippen LogP contribution in [0.1, 0.15) is 29.3 Å².